The second-order valence-electron chi connectivity index (χ2n) is 3.71. The van der Waals surface area contributed by atoms with E-state index >= 15 is 0 Å². The van der Waals surface area contributed by atoms with Crippen molar-refractivity contribution in [1.82, 2.24) is 4.98 Å². The van der Waals surface area contributed by atoms with Gasteiger partial charge in [0.2, 0.25) is 0 Å². The first-order valence-corrected chi connectivity index (χ1v) is 4.97. The number of β-amino-alcohol motifs (C(OH)–C–C–N with tert-alkyl or cyclic N) is 2. The number of pyridine rings is 1. The Balaban J connectivity index is 2.23. The van der Waals surface area contributed by atoms with Crippen LogP contribution >= 0.6 is 0 Å². The predicted octanol–water partition coefficient (Wildman–Crippen LogP) is -0.918. The first kappa shape index (κ1) is 10.4. The van der Waals surface area contributed by atoms with Crippen molar-refractivity contribution in [3.63, 3.8) is 0 Å². The van der Waals surface area contributed by atoms with Crippen molar-refractivity contribution in [2.45, 2.75) is 18.8 Å². The van der Waals surface area contributed by atoms with E-state index in [4.69, 9.17) is 5.73 Å². The Morgan fingerprint density at radius 2 is 2.07 bits per heavy atom. The summed E-state index contributed by atoms with van der Waals surface area (Å²) in [4.78, 5) is 6.07. The zero-order chi connectivity index (χ0) is 10.8. The molecular weight excluding hydrogens is 194 g/mol. The van der Waals surface area contributed by atoms with Crippen LogP contribution in [0, 0.1) is 0 Å². The number of aliphatic hydroxyl groups is 2. The number of nitrogens with zero attached hydrogens (tertiary/aromatic N) is 2. The van der Waals surface area contributed by atoms with Crippen LogP contribution in [0.2, 0.25) is 0 Å². The number of rotatable bonds is 2. The molecule has 1 aliphatic rings. The molecule has 1 fully saturated rings. The molecule has 2 atom stereocenters. The highest BCUT2D eigenvalue weighted by atomic mass is 16.3. The first-order valence-electron chi connectivity index (χ1n) is 4.97. The van der Waals surface area contributed by atoms with Crippen molar-refractivity contribution in [2.75, 3.05) is 18.0 Å². The summed E-state index contributed by atoms with van der Waals surface area (Å²) in [5, 5.41) is 18.9. The van der Waals surface area contributed by atoms with E-state index in [1.165, 1.54) is 0 Å². The normalized spacial score (nSPS) is 25.9. The molecule has 5 nitrogen and oxygen atoms in total. The molecular formula is C10H15N3O2. The number of anilines is 1. The predicted molar refractivity (Wildman–Crippen MR) is 56.4 cm³/mol. The summed E-state index contributed by atoms with van der Waals surface area (Å²) in [6, 6.07) is 3.73. The van der Waals surface area contributed by atoms with Gasteiger partial charge in [0, 0.05) is 25.8 Å². The maximum absolute atomic E-state index is 9.45. The summed E-state index contributed by atoms with van der Waals surface area (Å²) in [5.41, 5.74) is 7.26. The molecule has 1 aromatic rings. The topological polar surface area (TPSA) is 82.6 Å². The van der Waals surface area contributed by atoms with Gasteiger partial charge in [0.1, 0.15) is 0 Å². The van der Waals surface area contributed by atoms with Gasteiger partial charge in [-0.05, 0) is 12.1 Å². The van der Waals surface area contributed by atoms with E-state index in [1.54, 1.807) is 6.20 Å². The monoisotopic (exact) mass is 209 g/mol. The van der Waals surface area contributed by atoms with Crippen LogP contribution in [0.5, 0.6) is 0 Å². The Hall–Kier alpha value is -1.17. The summed E-state index contributed by atoms with van der Waals surface area (Å²) >= 11 is 0. The Bertz CT molecular complexity index is 335. The van der Waals surface area contributed by atoms with Crippen LogP contribution < -0.4 is 10.6 Å². The molecule has 82 valence electrons. The van der Waals surface area contributed by atoms with Crippen LogP contribution in [0.1, 0.15) is 5.69 Å². The molecule has 1 saturated heterocycles. The summed E-state index contributed by atoms with van der Waals surface area (Å²) < 4.78 is 0. The van der Waals surface area contributed by atoms with E-state index in [2.05, 4.69) is 4.98 Å². The van der Waals surface area contributed by atoms with Gasteiger partial charge in [0.25, 0.3) is 0 Å². The highest BCUT2D eigenvalue weighted by molar-refractivity contribution is 5.51. The Morgan fingerprint density at radius 1 is 1.40 bits per heavy atom. The van der Waals surface area contributed by atoms with Crippen molar-refractivity contribution in [1.29, 1.82) is 0 Å². The zero-order valence-corrected chi connectivity index (χ0v) is 8.37. The van der Waals surface area contributed by atoms with Crippen LogP contribution in [0.3, 0.4) is 0 Å². The number of hydrogen-bond donors (Lipinski definition) is 3. The van der Waals surface area contributed by atoms with Gasteiger partial charge in [-0.2, -0.15) is 0 Å². The molecule has 0 radical (unpaired) electrons. The Labute approximate surface area is 88.2 Å². The minimum atomic E-state index is -0.684. The van der Waals surface area contributed by atoms with E-state index in [0.29, 0.717) is 19.6 Å². The molecule has 0 bridgehead atoms. The fraction of sp³-hybridized carbons (Fsp3) is 0.500. The average molecular weight is 209 g/mol. The highest BCUT2D eigenvalue weighted by Crippen LogP contribution is 2.22. The molecule has 0 aromatic carbocycles. The molecule has 4 N–H and O–H groups in total. The Kier molecular flexibility index (Phi) is 2.86. The zero-order valence-electron chi connectivity index (χ0n) is 8.37. The summed E-state index contributed by atoms with van der Waals surface area (Å²) in [6.07, 6.45) is 0.320. The number of aromatic nitrogens is 1. The third-order valence-electron chi connectivity index (χ3n) is 2.66. The summed E-state index contributed by atoms with van der Waals surface area (Å²) in [5.74, 6) is 0. The molecule has 0 spiro atoms. The maximum Gasteiger partial charge on any atom is 0.0990 e. The van der Waals surface area contributed by atoms with E-state index in [-0.39, 0.29) is 0 Å². The third kappa shape index (κ3) is 1.94. The number of hydrogen-bond acceptors (Lipinski definition) is 5. The summed E-state index contributed by atoms with van der Waals surface area (Å²) in [6.45, 7) is 1.22. The van der Waals surface area contributed by atoms with Crippen LogP contribution in [-0.4, -0.2) is 40.5 Å². The van der Waals surface area contributed by atoms with Gasteiger partial charge in [0.15, 0.2) is 0 Å². The van der Waals surface area contributed by atoms with Gasteiger partial charge in [-0.1, -0.05) is 0 Å². The van der Waals surface area contributed by atoms with Gasteiger partial charge in [-0.25, -0.2) is 0 Å². The standard InChI is InChI=1S/C10H15N3O2/c11-4-7-8(2-1-3-12-7)13-5-9(14)10(15)6-13/h1-3,9-10,14-15H,4-6,11H2. The SMILES string of the molecule is NCc1ncccc1N1CC(O)C(O)C1. The maximum atomic E-state index is 9.45. The van der Waals surface area contributed by atoms with Crippen LogP contribution in [0.4, 0.5) is 5.69 Å². The summed E-state index contributed by atoms with van der Waals surface area (Å²) in [7, 11) is 0. The quantitative estimate of drug-likeness (QED) is 0.587. The molecule has 1 aromatic heterocycles. The lowest BCUT2D eigenvalue weighted by molar-refractivity contribution is 0.0572. The van der Waals surface area contributed by atoms with Gasteiger partial charge in [-0.15, -0.1) is 0 Å². The second-order valence-corrected chi connectivity index (χ2v) is 3.71. The molecule has 1 aliphatic heterocycles. The van der Waals surface area contributed by atoms with Crippen LogP contribution in [0.15, 0.2) is 18.3 Å². The lowest BCUT2D eigenvalue weighted by atomic mass is 10.2. The molecule has 15 heavy (non-hydrogen) atoms. The van der Waals surface area contributed by atoms with Gasteiger partial charge in [0.05, 0.1) is 23.6 Å². The molecule has 2 heterocycles. The molecule has 2 unspecified atom stereocenters. The van der Waals surface area contributed by atoms with Crippen molar-refractivity contribution in [3.8, 4) is 0 Å². The van der Waals surface area contributed by atoms with Crippen LogP contribution in [0.25, 0.3) is 0 Å². The van der Waals surface area contributed by atoms with Gasteiger partial charge < -0.3 is 20.8 Å². The van der Waals surface area contributed by atoms with E-state index in [0.717, 1.165) is 11.4 Å². The van der Waals surface area contributed by atoms with Crippen molar-refractivity contribution in [2.24, 2.45) is 5.73 Å². The van der Waals surface area contributed by atoms with Gasteiger partial charge in [-0.3, -0.25) is 4.98 Å². The largest absolute Gasteiger partial charge is 0.389 e. The van der Waals surface area contributed by atoms with E-state index < -0.39 is 12.2 Å². The van der Waals surface area contributed by atoms with Gasteiger partial charge >= 0.3 is 0 Å². The fourth-order valence-corrected chi connectivity index (χ4v) is 1.84. The number of aliphatic hydroxyl groups excluding tert-OH is 2. The fourth-order valence-electron chi connectivity index (χ4n) is 1.84. The molecule has 0 saturated carbocycles. The lowest BCUT2D eigenvalue weighted by Crippen LogP contribution is -2.23. The van der Waals surface area contributed by atoms with Crippen molar-refractivity contribution >= 4 is 5.69 Å². The van der Waals surface area contributed by atoms with E-state index in [9.17, 15) is 10.2 Å². The minimum Gasteiger partial charge on any atom is -0.389 e. The molecule has 2 rings (SSSR count). The lowest BCUT2D eigenvalue weighted by Gasteiger charge is -2.19. The minimum absolute atomic E-state index is 0.360. The average Bonchev–Trinajstić information content (AvgIpc) is 2.59. The first-order chi connectivity index (χ1) is 7.22. The second kappa shape index (κ2) is 4.14. The van der Waals surface area contributed by atoms with E-state index in [1.807, 2.05) is 17.0 Å². The molecule has 0 aliphatic carbocycles. The van der Waals surface area contributed by atoms with Crippen LogP contribution in [-0.2, 0) is 6.54 Å². The molecule has 5 heteroatoms. The third-order valence-corrected chi connectivity index (χ3v) is 2.66. The van der Waals surface area contributed by atoms with Crippen molar-refractivity contribution in [3.05, 3.63) is 24.0 Å². The smallest absolute Gasteiger partial charge is 0.0990 e. The molecule has 0 amide bonds. The number of nitrogens with two attached hydrogens (primary N) is 1. The highest BCUT2D eigenvalue weighted by Gasteiger charge is 2.30. The Morgan fingerprint density at radius 3 is 2.67 bits per heavy atom. The van der Waals surface area contributed by atoms with Crippen molar-refractivity contribution < 1.29 is 10.2 Å².